The van der Waals surface area contributed by atoms with E-state index in [2.05, 4.69) is 11.8 Å². The summed E-state index contributed by atoms with van der Waals surface area (Å²) in [5, 5.41) is 0. The van der Waals surface area contributed by atoms with E-state index in [-0.39, 0.29) is 18.1 Å². The lowest BCUT2D eigenvalue weighted by Gasteiger charge is -2.41. The van der Waals surface area contributed by atoms with E-state index in [9.17, 15) is 9.59 Å². The maximum Gasteiger partial charge on any atom is 0.410 e. The van der Waals surface area contributed by atoms with Gasteiger partial charge >= 0.3 is 12.1 Å². The van der Waals surface area contributed by atoms with Gasteiger partial charge in [-0.05, 0) is 71.9 Å². The van der Waals surface area contributed by atoms with Crippen LogP contribution in [-0.2, 0) is 14.2 Å². The number of ether oxygens (including phenoxy) is 4. The fourth-order valence-electron chi connectivity index (χ4n) is 4.49. The van der Waals surface area contributed by atoms with Crippen molar-refractivity contribution >= 4 is 17.7 Å². The van der Waals surface area contributed by atoms with Crippen LogP contribution in [0.15, 0.2) is 12.1 Å². The maximum absolute atomic E-state index is 12.5. The number of esters is 1. The lowest BCUT2D eigenvalue weighted by molar-refractivity contribution is 0.0183. The monoisotopic (exact) mass is 478 g/mol. The summed E-state index contributed by atoms with van der Waals surface area (Å²) in [6, 6.07) is 4.19. The van der Waals surface area contributed by atoms with E-state index in [1.165, 1.54) is 7.11 Å². The maximum atomic E-state index is 12.5. The SMILES string of the molecule is CCN(c1cc(OCCOC)cc(C(=O)OC)c1C)[C@H]1CC[C@H](N(C)C(=O)OC(C)(C)C)CC1. The Bertz CT molecular complexity index is 827. The highest BCUT2D eigenvalue weighted by Gasteiger charge is 2.32. The zero-order valence-electron chi connectivity index (χ0n) is 22.1. The number of rotatable bonds is 9. The molecule has 1 aromatic rings. The molecule has 0 N–H and O–H groups in total. The minimum atomic E-state index is -0.507. The van der Waals surface area contributed by atoms with Crippen molar-refractivity contribution < 1.29 is 28.5 Å². The van der Waals surface area contributed by atoms with Gasteiger partial charge in [-0.1, -0.05) is 0 Å². The second-order valence-electron chi connectivity index (χ2n) is 9.79. The van der Waals surface area contributed by atoms with E-state index < -0.39 is 5.60 Å². The van der Waals surface area contributed by atoms with Gasteiger partial charge in [-0.25, -0.2) is 9.59 Å². The van der Waals surface area contributed by atoms with Crippen molar-refractivity contribution in [1.82, 2.24) is 4.90 Å². The molecule has 0 aliphatic heterocycles. The van der Waals surface area contributed by atoms with Gasteiger partial charge in [0.25, 0.3) is 0 Å². The van der Waals surface area contributed by atoms with E-state index >= 15 is 0 Å². The van der Waals surface area contributed by atoms with E-state index in [1.807, 2.05) is 40.8 Å². The molecule has 2 rings (SSSR count). The Kier molecular flexibility index (Phi) is 10.0. The third-order valence-electron chi connectivity index (χ3n) is 6.30. The average molecular weight is 479 g/mol. The Morgan fingerprint density at radius 2 is 1.65 bits per heavy atom. The van der Waals surface area contributed by atoms with Crippen LogP contribution in [0.2, 0.25) is 0 Å². The second kappa shape index (κ2) is 12.3. The van der Waals surface area contributed by atoms with Gasteiger partial charge in [0.05, 0.1) is 19.3 Å². The van der Waals surface area contributed by atoms with Crippen molar-refractivity contribution in [1.29, 1.82) is 0 Å². The zero-order chi connectivity index (χ0) is 25.5. The molecule has 0 heterocycles. The van der Waals surface area contributed by atoms with Crippen molar-refractivity contribution in [2.75, 3.05) is 45.9 Å². The van der Waals surface area contributed by atoms with Crippen LogP contribution in [0, 0.1) is 6.92 Å². The summed E-state index contributed by atoms with van der Waals surface area (Å²) in [5.41, 5.74) is 1.85. The van der Waals surface area contributed by atoms with Crippen molar-refractivity contribution in [3.63, 3.8) is 0 Å². The second-order valence-corrected chi connectivity index (χ2v) is 9.79. The topological polar surface area (TPSA) is 77.5 Å². The Labute approximate surface area is 204 Å². The first kappa shape index (κ1) is 27.8. The van der Waals surface area contributed by atoms with Crippen LogP contribution in [0.4, 0.5) is 10.5 Å². The number of amides is 1. The zero-order valence-corrected chi connectivity index (χ0v) is 22.1. The molecule has 0 radical (unpaired) electrons. The van der Waals surface area contributed by atoms with Gasteiger partial charge in [0.15, 0.2) is 0 Å². The van der Waals surface area contributed by atoms with Gasteiger partial charge in [0, 0.05) is 44.5 Å². The third-order valence-corrected chi connectivity index (χ3v) is 6.30. The molecule has 0 spiro atoms. The van der Waals surface area contributed by atoms with Gasteiger partial charge < -0.3 is 28.7 Å². The molecule has 34 heavy (non-hydrogen) atoms. The molecular weight excluding hydrogens is 436 g/mol. The molecule has 8 heteroatoms. The molecule has 8 nitrogen and oxygen atoms in total. The van der Waals surface area contributed by atoms with Crippen LogP contribution in [0.1, 0.15) is 69.3 Å². The molecule has 1 aromatic carbocycles. The minimum absolute atomic E-state index is 0.153. The van der Waals surface area contributed by atoms with Crippen LogP contribution in [0.3, 0.4) is 0 Å². The summed E-state index contributed by atoms with van der Waals surface area (Å²) in [7, 11) is 4.84. The smallest absolute Gasteiger partial charge is 0.410 e. The number of hydrogen-bond acceptors (Lipinski definition) is 7. The van der Waals surface area contributed by atoms with Crippen molar-refractivity contribution in [2.24, 2.45) is 0 Å². The molecule has 192 valence electrons. The normalized spacial score (nSPS) is 18.2. The first-order chi connectivity index (χ1) is 16.0. The first-order valence-corrected chi connectivity index (χ1v) is 12.1. The average Bonchev–Trinajstić information content (AvgIpc) is 2.79. The Morgan fingerprint density at radius 3 is 2.18 bits per heavy atom. The molecule has 0 aromatic heterocycles. The van der Waals surface area contributed by atoms with Crippen LogP contribution in [0.25, 0.3) is 0 Å². The van der Waals surface area contributed by atoms with Gasteiger partial charge in [0.1, 0.15) is 18.0 Å². The number of anilines is 1. The Hall–Kier alpha value is -2.48. The largest absolute Gasteiger partial charge is 0.491 e. The fraction of sp³-hybridized carbons (Fsp3) is 0.692. The molecule has 0 bridgehead atoms. The Balaban J connectivity index is 2.20. The van der Waals surface area contributed by atoms with Crippen LogP contribution in [0.5, 0.6) is 5.75 Å². The lowest BCUT2D eigenvalue weighted by Crippen LogP contribution is -2.46. The summed E-state index contributed by atoms with van der Waals surface area (Å²) in [4.78, 5) is 29.0. The molecule has 1 fully saturated rings. The van der Waals surface area contributed by atoms with E-state index in [4.69, 9.17) is 18.9 Å². The van der Waals surface area contributed by atoms with Crippen molar-refractivity contribution in [3.8, 4) is 5.75 Å². The lowest BCUT2D eigenvalue weighted by atomic mass is 9.88. The van der Waals surface area contributed by atoms with Gasteiger partial charge in [-0.3, -0.25) is 0 Å². The molecule has 0 atom stereocenters. The summed E-state index contributed by atoms with van der Waals surface area (Å²) in [6.07, 6.45) is 3.39. The number of hydrogen-bond donors (Lipinski definition) is 0. The fourth-order valence-corrected chi connectivity index (χ4v) is 4.49. The molecular formula is C26H42N2O6. The predicted molar refractivity (Wildman–Crippen MR) is 133 cm³/mol. The summed E-state index contributed by atoms with van der Waals surface area (Å²) < 4.78 is 21.5. The number of methoxy groups -OCH3 is 2. The predicted octanol–water partition coefficient (Wildman–Crippen LogP) is 4.81. The van der Waals surface area contributed by atoms with E-state index in [0.717, 1.165) is 43.5 Å². The number of carbonyl (C=O) groups is 2. The van der Waals surface area contributed by atoms with Crippen LogP contribution in [-0.4, -0.2) is 75.7 Å². The highest BCUT2D eigenvalue weighted by molar-refractivity contribution is 5.93. The van der Waals surface area contributed by atoms with Gasteiger partial charge in [-0.15, -0.1) is 0 Å². The van der Waals surface area contributed by atoms with Crippen molar-refractivity contribution in [2.45, 2.75) is 78.0 Å². The molecule has 1 aliphatic carbocycles. The van der Waals surface area contributed by atoms with Crippen LogP contribution < -0.4 is 9.64 Å². The number of nitrogens with zero attached hydrogens (tertiary/aromatic N) is 2. The highest BCUT2D eigenvalue weighted by Crippen LogP contribution is 2.35. The standard InChI is InChI=1S/C26H42N2O6/c1-9-28(20-12-10-19(11-13-20)27(6)25(30)34-26(3,4)5)23-17-21(33-15-14-31-7)16-22(18(23)2)24(29)32-8/h16-17,19-20H,9-15H2,1-8H3/t19-,20-. The summed E-state index contributed by atoms with van der Waals surface area (Å²) >= 11 is 0. The van der Waals surface area contributed by atoms with Crippen LogP contribution >= 0.6 is 0 Å². The van der Waals surface area contributed by atoms with Gasteiger partial charge in [0.2, 0.25) is 0 Å². The molecule has 0 unspecified atom stereocenters. The van der Waals surface area contributed by atoms with E-state index in [1.54, 1.807) is 18.1 Å². The quantitative estimate of drug-likeness (QED) is 0.372. The molecule has 1 aliphatic rings. The number of carbonyl (C=O) groups excluding carboxylic acids is 2. The third kappa shape index (κ3) is 7.26. The summed E-state index contributed by atoms with van der Waals surface area (Å²) in [5.74, 6) is 0.240. The minimum Gasteiger partial charge on any atom is -0.491 e. The first-order valence-electron chi connectivity index (χ1n) is 12.1. The molecule has 1 amide bonds. The number of benzene rings is 1. The molecule has 0 saturated heterocycles. The van der Waals surface area contributed by atoms with Gasteiger partial charge in [-0.2, -0.15) is 0 Å². The highest BCUT2D eigenvalue weighted by atomic mass is 16.6. The van der Waals surface area contributed by atoms with E-state index in [0.29, 0.717) is 30.6 Å². The van der Waals surface area contributed by atoms with Crippen molar-refractivity contribution in [3.05, 3.63) is 23.3 Å². The molecule has 1 saturated carbocycles. The summed E-state index contributed by atoms with van der Waals surface area (Å²) in [6.45, 7) is 11.4. The Morgan fingerprint density at radius 1 is 1.03 bits per heavy atom.